The Balaban J connectivity index is 2.61. The zero-order chi connectivity index (χ0) is 50.3. The molecule has 17 nitrogen and oxygen atoms in total. The van der Waals surface area contributed by atoms with E-state index in [1.807, 2.05) is 18.2 Å². The van der Waals surface area contributed by atoms with Crippen molar-refractivity contribution in [2.45, 2.75) is 217 Å². The number of ether oxygens (including phenoxy) is 2. The van der Waals surface area contributed by atoms with E-state index in [1.165, 1.54) is 38.5 Å². The number of carbonyl (C=O) groups is 2. The van der Waals surface area contributed by atoms with Crippen LogP contribution in [0.3, 0.4) is 0 Å². The van der Waals surface area contributed by atoms with Crippen molar-refractivity contribution in [2.24, 2.45) is 0 Å². The number of hydrogen-bond acceptors (Lipinski definition) is 14. The maximum atomic E-state index is 13.0. The molecule has 1 aliphatic carbocycles. The van der Waals surface area contributed by atoms with E-state index in [1.54, 1.807) is 0 Å². The van der Waals surface area contributed by atoms with Crippen LogP contribution in [0.2, 0.25) is 0 Å². The molecule has 0 heterocycles. The van der Waals surface area contributed by atoms with Gasteiger partial charge in [0.2, 0.25) is 0 Å². The van der Waals surface area contributed by atoms with Crippen LogP contribution in [0.25, 0.3) is 0 Å². The minimum absolute atomic E-state index is 0.0442. The minimum Gasteiger partial charge on any atom is -0.462 e. The predicted octanol–water partition coefficient (Wildman–Crippen LogP) is 8.81. The molecule has 0 aromatic heterocycles. The third-order valence-corrected chi connectivity index (χ3v) is 12.6. The Morgan fingerprint density at radius 3 is 1.44 bits per heavy atom. The lowest BCUT2D eigenvalue weighted by Gasteiger charge is -2.43. The molecule has 0 spiro atoms. The molecule has 0 amide bonds. The summed E-state index contributed by atoms with van der Waals surface area (Å²) in [6.07, 6.45) is 30.5. The van der Waals surface area contributed by atoms with Crippen LogP contribution in [0, 0.1) is 0 Å². The highest BCUT2D eigenvalue weighted by molar-refractivity contribution is 7.47. The fourth-order valence-corrected chi connectivity index (χ4v) is 8.77. The van der Waals surface area contributed by atoms with E-state index in [2.05, 4.69) is 54.0 Å². The van der Waals surface area contributed by atoms with Gasteiger partial charge in [0, 0.05) is 19.4 Å². The van der Waals surface area contributed by atoms with Gasteiger partial charge in [-0.05, 0) is 83.5 Å². The number of carbonyl (C=O) groups excluding carboxylic acids is 2. The molecule has 0 aromatic rings. The number of phosphoric acid groups is 2. The number of esters is 2. The van der Waals surface area contributed by atoms with Gasteiger partial charge < -0.3 is 49.7 Å². The first-order valence-corrected chi connectivity index (χ1v) is 28.0. The molecular weight excluding hydrogens is 922 g/mol. The fourth-order valence-electron chi connectivity index (χ4n) is 7.23. The van der Waals surface area contributed by atoms with Crippen LogP contribution >= 0.6 is 15.6 Å². The lowest BCUT2D eigenvalue weighted by atomic mass is 9.85. The van der Waals surface area contributed by atoms with E-state index < -0.39 is 83.5 Å². The summed E-state index contributed by atoms with van der Waals surface area (Å²) < 4.78 is 49.4. The molecule has 0 aromatic carbocycles. The first kappa shape index (κ1) is 63.7. The third kappa shape index (κ3) is 34.1. The highest BCUT2D eigenvalue weighted by Gasteiger charge is 2.54. The van der Waals surface area contributed by atoms with Crippen molar-refractivity contribution in [3.63, 3.8) is 0 Å². The van der Waals surface area contributed by atoms with E-state index in [0.29, 0.717) is 25.7 Å². The number of unbranched alkanes of at least 4 members (excludes halogenated alkanes) is 17. The molecule has 1 fully saturated rings. The van der Waals surface area contributed by atoms with Crippen LogP contribution in [0.4, 0.5) is 0 Å². The largest absolute Gasteiger partial charge is 0.472 e. The zero-order valence-electron chi connectivity index (χ0n) is 40.5. The van der Waals surface area contributed by atoms with Crippen molar-refractivity contribution in [2.75, 3.05) is 19.8 Å². The summed E-state index contributed by atoms with van der Waals surface area (Å²) in [7, 11) is -10.7. The SMILES string of the molecule is CCCCCCCC/C=C\CCCCCCCCCC(=O)OC[C@H](COP(=O)(O)O[C@H]1C(O)C(O)C(O)[C@@H](OP(=O)(O)O)C1O)OC(=O)CCC/C=C\C/C=C\C/C=C\C/C=C\CCCCCO. The van der Waals surface area contributed by atoms with Gasteiger partial charge in [-0.1, -0.05) is 138 Å². The second kappa shape index (κ2) is 40.3. The lowest BCUT2D eigenvalue weighted by molar-refractivity contribution is -0.216. The van der Waals surface area contributed by atoms with Gasteiger partial charge in [-0.25, -0.2) is 9.13 Å². The summed E-state index contributed by atoms with van der Waals surface area (Å²) >= 11 is 0. The Kier molecular flexibility index (Phi) is 37.7. The van der Waals surface area contributed by atoms with Gasteiger partial charge in [0.1, 0.15) is 43.2 Å². The molecule has 1 rings (SSSR count). The molecule has 0 saturated heterocycles. The van der Waals surface area contributed by atoms with Crippen LogP contribution in [-0.4, -0.2) is 115 Å². The normalized spacial score (nSPS) is 21.7. The monoisotopic (exact) mass is 1010 g/mol. The molecule has 0 aliphatic heterocycles. The van der Waals surface area contributed by atoms with Gasteiger partial charge in [-0.3, -0.25) is 23.2 Å². The average Bonchev–Trinajstić information content (AvgIpc) is 3.29. The van der Waals surface area contributed by atoms with Crippen molar-refractivity contribution in [3.05, 3.63) is 60.8 Å². The van der Waals surface area contributed by atoms with Gasteiger partial charge in [-0.15, -0.1) is 0 Å². The van der Waals surface area contributed by atoms with Gasteiger partial charge in [0.25, 0.3) is 0 Å². The molecular formula is C49H86O17P2. The van der Waals surface area contributed by atoms with Crippen molar-refractivity contribution in [3.8, 4) is 0 Å². The van der Waals surface area contributed by atoms with Gasteiger partial charge >= 0.3 is 27.6 Å². The van der Waals surface area contributed by atoms with Crippen LogP contribution in [0.15, 0.2) is 60.8 Å². The van der Waals surface area contributed by atoms with E-state index in [9.17, 15) is 53.8 Å². The third-order valence-electron chi connectivity index (χ3n) is 11.1. The Labute approximate surface area is 405 Å². The Morgan fingerprint density at radius 1 is 0.500 bits per heavy atom. The van der Waals surface area contributed by atoms with Gasteiger partial charge in [-0.2, -0.15) is 0 Å². The van der Waals surface area contributed by atoms with Crippen LogP contribution in [-0.2, 0) is 41.8 Å². The summed E-state index contributed by atoms with van der Waals surface area (Å²) in [5.41, 5.74) is 0. The molecule has 0 bridgehead atoms. The Bertz CT molecular complexity index is 1550. The maximum Gasteiger partial charge on any atom is 0.472 e. The smallest absolute Gasteiger partial charge is 0.462 e. The van der Waals surface area contributed by atoms with E-state index in [0.717, 1.165) is 89.9 Å². The fraction of sp³-hybridized carbons (Fsp3) is 0.755. The first-order valence-electron chi connectivity index (χ1n) is 24.9. The summed E-state index contributed by atoms with van der Waals surface area (Å²) in [6, 6.07) is 0. The number of allylic oxidation sites excluding steroid dienone is 10. The molecule has 1 aliphatic rings. The molecule has 19 heteroatoms. The molecule has 8 N–H and O–H groups in total. The Morgan fingerprint density at radius 2 is 0.926 bits per heavy atom. The molecule has 68 heavy (non-hydrogen) atoms. The van der Waals surface area contributed by atoms with Crippen LogP contribution < -0.4 is 0 Å². The number of phosphoric ester groups is 2. The molecule has 0 radical (unpaired) electrons. The number of hydrogen-bond donors (Lipinski definition) is 8. The number of rotatable bonds is 42. The highest BCUT2D eigenvalue weighted by Crippen LogP contribution is 2.49. The summed E-state index contributed by atoms with van der Waals surface area (Å²) in [5, 5.41) is 50.1. The molecule has 1 saturated carbocycles. The van der Waals surface area contributed by atoms with Crippen molar-refractivity contribution >= 4 is 27.6 Å². The summed E-state index contributed by atoms with van der Waals surface area (Å²) in [5.74, 6) is -1.29. The van der Waals surface area contributed by atoms with Crippen molar-refractivity contribution in [1.29, 1.82) is 0 Å². The number of aliphatic hydroxyl groups is 5. The van der Waals surface area contributed by atoms with Crippen molar-refractivity contribution < 1.29 is 82.0 Å². The second-order valence-electron chi connectivity index (χ2n) is 17.3. The maximum absolute atomic E-state index is 13.0. The molecule has 5 unspecified atom stereocenters. The zero-order valence-corrected chi connectivity index (χ0v) is 42.3. The average molecular weight is 1010 g/mol. The first-order chi connectivity index (χ1) is 32.6. The van der Waals surface area contributed by atoms with E-state index in [-0.39, 0.29) is 19.4 Å². The van der Waals surface area contributed by atoms with Gasteiger partial charge in [0.15, 0.2) is 6.10 Å². The minimum atomic E-state index is -5.38. The lowest BCUT2D eigenvalue weighted by Crippen LogP contribution is -2.64. The summed E-state index contributed by atoms with van der Waals surface area (Å²) in [4.78, 5) is 54.3. The van der Waals surface area contributed by atoms with E-state index >= 15 is 0 Å². The highest BCUT2D eigenvalue weighted by atomic mass is 31.2. The number of aliphatic hydroxyl groups excluding tert-OH is 5. The van der Waals surface area contributed by atoms with Gasteiger partial charge in [0.05, 0.1) is 6.61 Å². The van der Waals surface area contributed by atoms with E-state index in [4.69, 9.17) is 23.6 Å². The van der Waals surface area contributed by atoms with Crippen molar-refractivity contribution in [1.82, 2.24) is 0 Å². The molecule has 8 atom stereocenters. The topological polar surface area (TPSA) is 276 Å². The predicted molar refractivity (Wildman–Crippen MR) is 261 cm³/mol. The Hall–Kier alpha value is -2.34. The second-order valence-corrected chi connectivity index (χ2v) is 19.8. The van der Waals surface area contributed by atoms with Crippen LogP contribution in [0.5, 0.6) is 0 Å². The standard InChI is InChI=1S/C49H86O17P2/c1-2-3-4-5-6-7-8-9-10-12-15-18-21-24-27-30-33-36-42(51)62-39-41(40-63-68(60,61)66-49-46(55)44(53)45(54)48(47(49)56)65-67(57,58)59)64-43(52)37-34-31-28-25-22-19-16-13-11-14-17-20-23-26-29-32-35-38-50/h9-11,14,16,19-20,23,25,28,41,44-50,53-56H,2-8,12-13,15,17-18,21-22,24,26-27,29-40H2,1H3,(H,60,61)(H2,57,58,59)/b10-9-,14-11-,19-16-,23-20-,28-25-/t41-,44?,45?,46?,47?,48-,49+/m1/s1. The van der Waals surface area contributed by atoms with Crippen LogP contribution in [0.1, 0.15) is 174 Å². The quantitative estimate of drug-likeness (QED) is 0.0123. The summed E-state index contributed by atoms with van der Waals surface area (Å²) in [6.45, 7) is 1.07. The molecule has 394 valence electrons.